The first kappa shape index (κ1) is 12.1. The molecule has 0 saturated carbocycles. The lowest BCUT2D eigenvalue weighted by molar-refractivity contribution is 0.0358. The average molecular weight is 211 g/mol. The highest BCUT2D eigenvalue weighted by Gasteiger charge is 2.26. The molecular formula is C12H18FNO. The molecule has 3 heteroatoms. The van der Waals surface area contributed by atoms with E-state index >= 15 is 0 Å². The quantitative estimate of drug-likeness (QED) is 0.801. The van der Waals surface area contributed by atoms with Crippen LogP contribution in [0.4, 0.5) is 4.39 Å². The van der Waals surface area contributed by atoms with Gasteiger partial charge in [0.15, 0.2) is 0 Å². The van der Waals surface area contributed by atoms with Crippen LogP contribution in [0.3, 0.4) is 0 Å². The molecule has 0 spiro atoms. The summed E-state index contributed by atoms with van der Waals surface area (Å²) in [6, 6.07) is 4.64. The van der Waals surface area contributed by atoms with Crippen molar-refractivity contribution < 1.29 is 9.50 Å². The Morgan fingerprint density at radius 2 is 2.13 bits per heavy atom. The van der Waals surface area contributed by atoms with Crippen LogP contribution in [0.15, 0.2) is 18.2 Å². The minimum absolute atomic E-state index is 0.159. The summed E-state index contributed by atoms with van der Waals surface area (Å²) in [6.45, 7) is 3.82. The Balaban J connectivity index is 3.07. The van der Waals surface area contributed by atoms with Crippen molar-refractivity contribution in [3.63, 3.8) is 0 Å². The summed E-state index contributed by atoms with van der Waals surface area (Å²) in [5.41, 5.74) is 5.79. The molecule has 1 rings (SSSR count). The third kappa shape index (κ3) is 2.55. The van der Waals surface area contributed by atoms with Crippen LogP contribution >= 0.6 is 0 Å². The van der Waals surface area contributed by atoms with Crippen molar-refractivity contribution in [3.05, 3.63) is 35.1 Å². The highest BCUT2D eigenvalue weighted by Crippen LogP contribution is 2.26. The van der Waals surface area contributed by atoms with E-state index in [1.54, 1.807) is 19.1 Å². The van der Waals surface area contributed by atoms with Gasteiger partial charge in [-0.15, -0.1) is 0 Å². The minimum Gasteiger partial charge on any atom is -0.384 e. The molecule has 1 aromatic carbocycles. The molecule has 0 aliphatic rings. The third-order valence-electron chi connectivity index (χ3n) is 2.70. The van der Waals surface area contributed by atoms with E-state index in [1.165, 1.54) is 6.07 Å². The molecular weight excluding hydrogens is 193 g/mol. The van der Waals surface area contributed by atoms with Crippen LogP contribution in [0.25, 0.3) is 0 Å². The fourth-order valence-electron chi connectivity index (χ4n) is 1.71. The minimum atomic E-state index is -1.02. The Morgan fingerprint density at radius 1 is 1.47 bits per heavy atom. The van der Waals surface area contributed by atoms with Gasteiger partial charge in [0.05, 0.1) is 0 Å². The second-order valence-corrected chi connectivity index (χ2v) is 3.95. The highest BCUT2D eigenvalue weighted by molar-refractivity contribution is 5.29. The Kier molecular flexibility index (Phi) is 3.83. The number of hydrogen-bond acceptors (Lipinski definition) is 2. The first-order valence-corrected chi connectivity index (χ1v) is 5.22. The number of nitrogens with two attached hydrogens (primary N) is 1. The van der Waals surface area contributed by atoms with Crippen molar-refractivity contribution in [3.8, 4) is 0 Å². The Labute approximate surface area is 89.9 Å². The van der Waals surface area contributed by atoms with Crippen LogP contribution in [0.5, 0.6) is 0 Å². The predicted molar refractivity (Wildman–Crippen MR) is 59.0 cm³/mol. The normalized spacial score (nSPS) is 15.0. The second kappa shape index (κ2) is 4.73. The fraction of sp³-hybridized carbons (Fsp3) is 0.500. The van der Waals surface area contributed by atoms with Crippen LogP contribution in [-0.2, 0) is 5.60 Å². The Hall–Kier alpha value is -0.930. The van der Waals surface area contributed by atoms with Crippen molar-refractivity contribution in [2.45, 2.75) is 32.3 Å². The largest absolute Gasteiger partial charge is 0.384 e. The molecule has 84 valence electrons. The lowest BCUT2D eigenvalue weighted by Gasteiger charge is -2.27. The molecule has 0 heterocycles. The second-order valence-electron chi connectivity index (χ2n) is 3.95. The monoisotopic (exact) mass is 211 g/mol. The van der Waals surface area contributed by atoms with Gasteiger partial charge < -0.3 is 10.8 Å². The van der Waals surface area contributed by atoms with Crippen molar-refractivity contribution in [1.82, 2.24) is 0 Å². The standard InChI is InChI=1S/C12H18FNO/c1-3-6-12(15,8-14)10-4-5-11(13)9(2)7-10/h4-5,7,15H,3,6,8,14H2,1-2H3. The zero-order valence-corrected chi connectivity index (χ0v) is 9.26. The summed E-state index contributed by atoms with van der Waals surface area (Å²) in [6.07, 6.45) is 1.43. The van der Waals surface area contributed by atoms with E-state index in [1.807, 2.05) is 6.92 Å². The Bertz CT molecular complexity index is 340. The van der Waals surface area contributed by atoms with Crippen LogP contribution < -0.4 is 5.73 Å². The van der Waals surface area contributed by atoms with Gasteiger partial charge in [-0.2, -0.15) is 0 Å². The molecule has 0 saturated heterocycles. The fourth-order valence-corrected chi connectivity index (χ4v) is 1.71. The summed E-state index contributed by atoms with van der Waals surface area (Å²) in [5, 5.41) is 10.3. The molecule has 0 aliphatic heterocycles. The number of halogens is 1. The van der Waals surface area contributed by atoms with Crippen LogP contribution in [0.2, 0.25) is 0 Å². The van der Waals surface area contributed by atoms with Crippen molar-refractivity contribution >= 4 is 0 Å². The number of rotatable bonds is 4. The van der Waals surface area contributed by atoms with Crippen LogP contribution in [-0.4, -0.2) is 11.7 Å². The smallest absolute Gasteiger partial charge is 0.126 e. The maximum atomic E-state index is 13.1. The van der Waals surface area contributed by atoms with E-state index < -0.39 is 5.60 Å². The molecule has 0 aromatic heterocycles. The van der Waals surface area contributed by atoms with E-state index in [9.17, 15) is 9.50 Å². The number of aliphatic hydroxyl groups is 1. The molecule has 1 aromatic rings. The third-order valence-corrected chi connectivity index (χ3v) is 2.70. The summed E-state index contributed by atoms with van der Waals surface area (Å²) < 4.78 is 13.1. The molecule has 0 aliphatic carbocycles. The predicted octanol–water partition coefficient (Wildman–Crippen LogP) is 2.08. The molecule has 15 heavy (non-hydrogen) atoms. The lowest BCUT2D eigenvalue weighted by atomic mass is 9.88. The topological polar surface area (TPSA) is 46.2 Å². The molecule has 0 amide bonds. The van der Waals surface area contributed by atoms with Crippen LogP contribution in [0.1, 0.15) is 30.9 Å². The van der Waals surface area contributed by atoms with E-state index in [2.05, 4.69) is 0 Å². The molecule has 3 N–H and O–H groups in total. The summed E-state index contributed by atoms with van der Waals surface area (Å²) in [4.78, 5) is 0. The van der Waals surface area contributed by atoms with Gasteiger partial charge in [0, 0.05) is 6.54 Å². The van der Waals surface area contributed by atoms with E-state index in [-0.39, 0.29) is 12.4 Å². The van der Waals surface area contributed by atoms with Crippen molar-refractivity contribution in [2.24, 2.45) is 5.73 Å². The number of hydrogen-bond donors (Lipinski definition) is 2. The molecule has 0 radical (unpaired) electrons. The first-order valence-electron chi connectivity index (χ1n) is 5.22. The average Bonchev–Trinajstić information content (AvgIpc) is 2.22. The van der Waals surface area contributed by atoms with Crippen molar-refractivity contribution in [1.29, 1.82) is 0 Å². The maximum absolute atomic E-state index is 13.1. The zero-order valence-electron chi connectivity index (χ0n) is 9.26. The Morgan fingerprint density at radius 3 is 2.60 bits per heavy atom. The lowest BCUT2D eigenvalue weighted by Crippen LogP contribution is -2.34. The van der Waals surface area contributed by atoms with Crippen molar-refractivity contribution in [2.75, 3.05) is 6.54 Å². The van der Waals surface area contributed by atoms with E-state index in [0.29, 0.717) is 17.5 Å². The number of benzene rings is 1. The molecule has 1 unspecified atom stereocenters. The number of aryl methyl sites for hydroxylation is 1. The summed E-state index contributed by atoms with van der Waals surface area (Å²) >= 11 is 0. The molecule has 0 bridgehead atoms. The van der Waals surface area contributed by atoms with Gasteiger partial charge >= 0.3 is 0 Å². The van der Waals surface area contributed by atoms with Gasteiger partial charge in [-0.3, -0.25) is 0 Å². The summed E-state index contributed by atoms with van der Waals surface area (Å²) in [5.74, 6) is -0.255. The van der Waals surface area contributed by atoms with Gasteiger partial charge in [-0.05, 0) is 30.5 Å². The SMILES string of the molecule is CCCC(O)(CN)c1ccc(F)c(C)c1. The molecule has 2 nitrogen and oxygen atoms in total. The summed E-state index contributed by atoms with van der Waals surface area (Å²) in [7, 11) is 0. The highest BCUT2D eigenvalue weighted by atomic mass is 19.1. The van der Waals surface area contributed by atoms with Gasteiger partial charge in [0.1, 0.15) is 11.4 Å². The zero-order chi connectivity index (χ0) is 11.5. The first-order chi connectivity index (χ1) is 7.03. The van der Waals surface area contributed by atoms with E-state index in [0.717, 1.165) is 6.42 Å². The maximum Gasteiger partial charge on any atom is 0.126 e. The van der Waals surface area contributed by atoms with Gasteiger partial charge in [-0.1, -0.05) is 25.5 Å². The van der Waals surface area contributed by atoms with E-state index in [4.69, 9.17) is 5.73 Å². The molecule has 1 atom stereocenters. The molecule has 0 fully saturated rings. The van der Waals surface area contributed by atoms with Gasteiger partial charge in [0.2, 0.25) is 0 Å². The van der Waals surface area contributed by atoms with Gasteiger partial charge in [0.25, 0.3) is 0 Å². The van der Waals surface area contributed by atoms with Gasteiger partial charge in [-0.25, -0.2) is 4.39 Å². The van der Waals surface area contributed by atoms with Crippen LogP contribution in [0, 0.1) is 12.7 Å².